The zero-order valence-corrected chi connectivity index (χ0v) is 6.81. The van der Waals surface area contributed by atoms with E-state index >= 15 is 0 Å². The maximum atomic E-state index is 9.43. The second-order valence-corrected chi connectivity index (χ2v) is 3.24. The van der Waals surface area contributed by atoms with E-state index in [9.17, 15) is 5.11 Å². The Labute approximate surface area is 59.5 Å². The third-order valence-corrected chi connectivity index (χ3v) is 1.28. The molecule has 1 N–H and O–H groups in total. The van der Waals surface area contributed by atoms with Gasteiger partial charge in [0, 0.05) is 0 Å². The van der Waals surface area contributed by atoms with Crippen LogP contribution in [0.4, 0.5) is 0 Å². The average molecular weight is 131 g/mol. The van der Waals surface area contributed by atoms with Gasteiger partial charge in [-0.3, -0.25) is 0 Å². The number of hydrogen-bond donors (Lipinski definition) is 1. The summed E-state index contributed by atoms with van der Waals surface area (Å²) in [6, 6.07) is 0. The van der Waals surface area contributed by atoms with Crippen molar-refractivity contribution in [2.75, 3.05) is 0 Å². The molecule has 0 aromatic heterocycles. The molecule has 0 heterocycles. The second kappa shape index (κ2) is 3.89. The Morgan fingerprint density at radius 2 is 1.78 bits per heavy atom. The van der Waals surface area contributed by atoms with E-state index in [1.807, 2.05) is 27.7 Å². The van der Waals surface area contributed by atoms with Crippen molar-refractivity contribution >= 4 is 0 Å². The zero-order chi connectivity index (χ0) is 8.36. The Balaban J connectivity index is 3.87. The van der Waals surface area contributed by atoms with E-state index in [1.54, 1.807) is 0 Å². The first-order chi connectivity index (χ1) is 4.36. The van der Waals surface area contributed by atoms with Gasteiger partial charge in [-0.15, -0.1) is 0 Å². The van der Waals surface area contributed by atoms with Gasteiger partial charge in [0.05, 0.1) is 7.45 Å². The van der Waals surface area contributed by atoms with Crippen LogP contribution in [0.1, 0.15) is 35.5 Å². The molecule has 0 saturated heterocycles. The highest BCUT2D eigenvalue weighted by Gasteiger charge is 2.09. The first-order valence-corrected chi connectivity index (χ1v) is 3.58. The van der Waals surface area contributed by atoms with Gasteiger partial charge < -0.3 is 5.11 Å². The van der Waals surface area contributed by atoms with Crippen molar-refractivity contribution in [3.63, 3.8) is 0 Å². The van der Waals surface area contributed by atoms with Gasteiger partial charge in [-0.25, -0.2) is 0 Å². The number of rotatable bonds is 3. The molecule has 0 rings (SSSR count). The van der Waals surface area contributed by atoms with Crippen LogP contribution >= 0.6 is 0 Å². The van der Waals surface area contributed by atoms with Gasteiger partial charge in [0.25, 0.3) is 0 Å². The van der Waals surface area contributed by atoms with Crippen molar-refractivity contribution in [1.29, 1.82) is 0 Å². The molecule has 0 aromatic rings. The molecule has 0 unspecified atom stereocenters. The lowest BCUT2D eigenvalue weighted by Crippen LogP contribution is -2.16. The Morgan fingerprint density at radius 3 is 1.89 bits per heavy atom. The summed E-state index contributed by atoms with van der Waals surface area (Å²) in [4.78, 5) is 0. The maximum Gasteiger partial charge on any atom is 0.0603 e. The Morgan fingerprint density at radius 1 is 1.33 bits per heavy atom. The first kappa shape index (κ1) is 7.07. The summed E-state index contributed by atoms with van der Waals surface area (Å²) in [5.74, 6) is 0.416. The molecule has 0 bridgehead atoms. The fraction of sp³-hybridized carbons (Fsp3) is 1.00. The largest absolute Gasteiger partial charge is 0.393 e. The Hall–Kier alpha value is -0.0400. The number of aliphatic hydroxyl groups is 1. The lowest BCUT2D eigenvalue weighted by atomic mass is 9.98. The van der Waals surface area contributed by atoms with E-state index in [2.05, 4.69) is 0 Å². The Bertz CT molecular complexity index is 97.4. The van der Waals surface area contributed by atoms with Gasteiger partial charge in [-0.05, 0) is 18.3 Å². The van der Waals surface area contributed by atoms with Gasteiger partial charge >= 0.3 is 0 Å². The molecule has 1 atom stereocenters. The van der Waals surface area contributed by atoms with Crippen LogP contribution in [-0.4, -0.2) is 11.2 Å². The van der Waals surface area contributed by atoms with Crippen molar-refractivity contribution in [2.24, 2.45) is 11.8 Å². The average Bonchev–Trinajstić information content (AvgIpc) is 1.60. The van der Waals surface area contributed by atoms with Crippen molar-refractivity contribution in [2.45, 2.75) is 40.2 Å². The summed E-state index contributed by atoms with van der Waals surface area (Å²) in [5.41, 5.74) is 0. The SMILES string of the molecule is [2H][C@](O)(CC(C)C)C(C)C. The molecule has 0 spiro atoms. The molecule has 0 aromatic carbocycles. The molecule has 0 aliphatic rings. The Kier molecular flexibility index (Phi) is 3.05. The second-order valence-electron chi connectivity index (χ2n) is 3.24. The molecule has 0 fully saturated rings. The van der Waals surface area contributed by atoms with E-state index in [0.717, 1.165) is 0 Å². The monoisotopic (exact) mass is 131 g/mol. The third-order valence-electron chi connectivity index (χ3n) is 1.28. The fourth-order valence-corrected chi connectivity index (χ4v) is 0.654. The molecule has 1 nitrogen and oxygen atoms in total. The maximum absolute atomic E-state index is 9.43. The normalized spacial score (nSPS) is 20.1. The molecule has 0 aliphatic carbocycles. The van der Waals surface area contributed by atoms with E-state index in [4.69, 9.17) is 1.37 Å². The highest BCUT2D eigenvalue weighted by Crippen LogP contribution is 2.11. The van der Waals surface area contributed by atoms with Crippen LogP contribution in [0.25, 0.3) is 0 Å². The van der Waals surface area contributed by atoms with Crippen LogP contribution in [-0.2, 0) is 0 Å². The molecule has 0 aliphatic heterocycles. The minimum absolute atomic E-state index is 0.0231. The molecule has 1 heteroatoms. The topological polar surface area (TPSA) is 20.2 Å². The van der Waals surface area contributed by atoms with Gasteiger partial charge in [0.2, 0.25) is 0 Å². The van der Waals surface area contributed by atoms with E-state index < -0.39 is 6.08 Å². The highest BCUT2D eigenvalue weighted by atomic mass is 16.3. The van der Waals surface area contributed by atoms with E-state index in [1.165, 1.54) is 0 Å². The minimum atomic E-state index is -1.23. The molecular formula is C8H18O. The van der Waals surface area contributed by atoms with Gasteiger partial charge in [-0.2, -0.15) is 0 Å². The van der Waals surface area contributed by atoms with Crippen molar-refractivity contribution in [3.05, 3.63) is 0 Å². The van der Waals surface area contributed by atoms with E-state index in [0.29, 0.717) is 12.3 Å². The lowest BCUT2D eigenvalue weighted by molar-refractivity contribution is 0.103. The summed E-state index contributed by atoms with van der Waals surface area (Å²) in [6.07, 6.45) is -0.668. The molecular weight excluding hydrogens is 112 g/mol. The lowest BCUT2D eigenvalue weighted by Gasteiger charge is -2.15. The first-order valence-electron chi connectivity index (χ1n) is 4.08. The summed E-state index contributed by atoms with van der Waals surface area (Å²) >= 11 is 0. The molecule has 0 radical (unpaired) electrons. The zero-order valence-electron chi connectivity index (χ0n) is 7.81. The molecule has 0 saturated carbocycles. The smallest absolute Gasteiger partial charge is 0.0603 e. The van der Waals surface area contributed by atoms with Crippen LogP contribution in [0.5, 0.6) is 0 Å². The quantitative estimate of drug-likeness (QED) is 0.621. The van der Waals surface area contributed by atoms with Crippen LogP contribution in [0, 0.1) is 11.8 Å². The van der Waals surface area contributed by atoms with Gasteiger partial charge in [0.1, 0.15) is 0 Å². The van der Waals surface area contributed by atoms with Crippen LogP contribution < -0.4 is 0 Å². The van der Waals surface area contributed by atoms with Gasteiger partial charge in [-0.1, -0.05) is 27.7 Å². The highest BCUT2D eigenvalue weighted by molar-refractivity contribution is 4.61. The van der Waals surface area contributed by atoms with Crippen molar-refractivity contribution < 1.29 is 6.48 Å². The standard InChI is InChI=1S/C8H18O/c1-6(2)5-8(9)7(3)4/h6-9H,5H2,1-4H3/t8-/m0/s1/i8D. The summed E-state index contributed by atoms with van der Waals surface area (Å²) in [7, 11) is 0. The predicted octanol–water partition coefficient (Wildman–Crippen LogP) is 2.05. The minimum Gasteiger partial charge on any atom is -0.393 e. The summed E-state index contributed by atoms with van der Waals surface area (Å²) in [6.45, 7) is 7.77. The van der Waals surface area contributed by atoms with Crippen LogP contribution in [0.3, 0.4) is 0 Å². The fourth-order valence-electron chi connectivity index (χ4n) is 0.654. The van der Waals surface area contributed by atoms with Crippen LogP contribution in [0.15, 0.2) is 0 Å². The molecule has 9 heavy (non-hydrogen) atoms. The predicted molar refractivity (Wildman–Crippen MR) is 40.3 cm³/mol. The summed E-state index contributed by atoms with van der Waals surface area (Å²) < 4.78 is 7.47. The molecule has 56 valence electrons. The van der Waals surface area contributed by atoms with Gasteiger partial charge in [0.15, 0.2) is 0 Å². The summed E-state index contributed by atoms with van der Waals surface area (Å²) in [5, 5.41) is 9.43. The molecule has 0 amide bonds. The third kappa shape index (κ3) is 4.46. The van der Waals surface area contributed by atoms with Crippen molar-refractivity contribution in [3.8, 4) is 0 Å². The number of hydrogen-bond acceptors (Lipinski definition) is 1. The van der Waals surface area contributed by atoms with Crippen LogP contribution in [0.2, 0.25) is 0 Å². The van der Waals surface area contributed by atoms with Crippen molar-refractivity contribution in [1.82, 2.24) is 0 Å². The van der Waals surface area contributed by atoms with E-state index in [-0.39, 0.29) is 5.92 Å².